The fourth-order valence-electron chi connectivity index (χ4n) is 5.70. The van der Waals surface area contributed by atoms with Gasteiger partial charge in [0.1, 0.15) is 17.1 Å². The molecule has 172 valence electrons. The Bertz CT molecular complexity index is 1270. The number of rotatable bonds is 5. The highest BCUT2D eigenvalue weighted by molar-refractivity contribution is 5.65. The van der Waals surface area contributed by atoms with Gasteiger partial charge in [0.15, 0.2) is 5.60 Å². The summed E-state index contributed by atoms with van der Waals surface area (Å²) in [5.74, 6) is -0.122. The predicted molar refractivity (Wildman–Crippen MR) is 121 cm³/mol. The molecule has 1 saturated carbocycles. The van der Waals surface area contributed by atoms with Crippen LogP contribution in [0.2, 0.25) is 0 Å². The van der Waals surface area contributed by atoms with E-state index in [4.69, 9.17) is 9.47 Å². The Morgan fingerprint density at radius 1 is 1.24 bits per heavy atom. The quantitative estimate of drug-likeness (QED) is 0.535. The number of carboxylic acid groups (broad SMARTS) is 1. The van der Waals surface area contributed by atoms with Crippen LogP contribution in [-0.4, -0.2) is 34.9 Å². The standard InChI is InChI=1S/C26H23N3O5/c1-33-21-14-28-15-22-23(21)25(32)19(13-29-24(30)31)11-20(17-5-3-2-4-6-17)26(25,34-22)18-9-7-16(12-27)8-10-18/h2-10,14-15,19-20,29,32H,11,13H2,1H3,(H,30,31)/t19-,20+,25-,26+/m1/s1. The number of aliphatic hydroxyl groups is 1. The van der Waals surface area contributed by atoms with Crippen molar-refractivity contribution in [1.29, 1.82) is 5.26 Å². The van der Waals surface area contributed by atoms with Gasteiger partial charge in [-0.1, -0.05) is 42.5 Å². The van der Waals surface area contributed by atoms with Gasteiger partial charge in [0.25, 0.3) is 0 Å². The number of pyridine rings is 1. The van der Waals surface area contributed by atoms with Crippen LogP contribution in [0.5, 0.6) is 11.5 Å². The molecule has 34 heavy (non-hydrogen) atoms. The predicted octanol–water partition coefficient (Wildman–Crippen LogP) is 3.51. The molecule has 1 aliphatic heterocycles. The molecule has 1 aromatic heterocycles. The first kappa shape index (κ1) is 21.7. The Labute approximate surface area is 196 Å². The first-order valence-corrected chi connectivity index (χ1v) is 10.9. The number of aromatic nitrogens is 1. The van der Waals surface area contributed by atoms with Crippen LogP contribution in [0.15, 0.2) is 67.0 Å². The molecule has 1 aliphatic carbocycles. The van der Waals surface area contributed by atoms with Crippen molar-refractivity contribution < 1.29 is 24.5 Å². The van der Waals surface area contributed by atoms with E-state index in [1.54, 1.807) is 30.5 Å². The van der Waals surface area contributed by atoms with Crippen molar-refractivity contribution in [3.05, 3.63) is 89.2 Å². The molecule has 3 N–H and O–H groups in total. The van der Waals surface area contributed by atoms with Crippen LogP contribution in [0.4, 0.5) is 4.79 Å². The summed E-state index contributed by atoms with van der Waals surface area (Å²) >= 11 is 0. The normalized spacial score (nSPS) is 26.6. The minimum absolute atomic E-state index is 0.0154. The molecule has 3 aromatic rings. The maximum atomic E-state index is 12.7. The Morgan fingerprint density at radius 2 is 1.97 bits per heavy atom. The first-order valence-electron chi connectivity index (χ1n) is 10.9. The molecule has 4 atom stereocenters. The van der Waals surface area contributed by atoms with Crippen molar-refractivity contribution in [2.24, 2.45) is 5.92 Å². The van der Waals surface area contributed by atoms with Crippen LogP contribution in [-0.2, 0) is 11.2 Å². The van der Waals surface area contributed by atoms with Crippen LogP contribution in [0.3, 0.4) is 0 Å². The maximum absolute atomic E-state index is 12.7. The van der Waals surface area contributed by atoms with Crippen LogP contribution < -0.4 is 14.8 Å². The van der Waals surface area contributed by atoms with Gasteiger partial charge in [-0.15, -0.1) is 0 Å². The third kappa shape index (κ3) is 2.94. The lowest BCUT2D eigenvalue weighted by Crippen LogP contribution is -2.52. The summed E-state index contributed by atoms with van der Waals surface area (Å²) in [5.41, 5.74) is -0.386. The fraction of sp³-hybridized carbons (Fsp3) is 0.269. The van der Waals surface area contributed by atoms with Crippen LogP contribution in [0.1, 0.15) is 34.6 Å². The molecule has 1 fully saturated rings. The topological polar surface area (TPSA) is 125 Å². The van der Waals surface area contributed by atoms with E-state index in [1.165, 1.54) is 13.3 Å². The summed E-state index contributed by atoms with van der Waals surface area (Å²) in [6.07, 6.45) is 2.35. The number of benzene rings is 2. The monoisotopic (exact) mass is 457 g/mol. The Balaban J connectivity index is 1.79. The minimum atomic E-state index is -1.65. The Morgan fingerprint density at radius 3 is 2.62 bits per heavy atom. The van der Waals surface area contributed by atoms with E-state index in [0.29, 0.717) is 34.6 Å². The molecule has 8 nitrogen and oxygen atoms in total. The van der Waals surface area contributed by atoms with Crippen molar-refractivity contribution in [1.82, 2.24) is 10.3 Å². The van der Waals surface area contributed by atoms with Gasteiger partial charge in [-0.3, -0.25) is 4.98 Å². The number of fused-ring (bicyclic) bond motifs is 3. The zero-order valence-corrected chi connectivity index (χ0v) is 18.4. The largest absolute Gasteiger partial charge is 0.495 e. The van der Waals surface area contributed by atoms with Gasteiger partial charge < -0.3 is 25.0 Å². The van der Waals surface area contributed by atoms with Gasteiger partial charge in [0.05, 0.1) is 36.7 Å². The summed E-state index contributed by atoms with van der Waals surface area (Å²) in [6.45, 7) is 0.0154. The number of amides is 1. The second kappa shape index (κ2) is 8.04. The second-order valence-corrected chi connectivity index (χ2v) is 8.59. The SMILES string of the molecule is COc1cncc2c1[C@]1(O)[C@@H](CNC(=O)O)C[C@@H](c3ccccc3)[C@]1(c1ccc(C#N)cc1)O2. The molecule has 2 heterocycles. The van der Waals surface area contributed by atoms with Gasteiger partial charge in [-0.05, 0) is 29.7 Å². The van der Waals surface area contributed by atoms with E-state index in [9.17, 15) is 20.3 Å². The molecular formula is C26H23N3O5. The van der Waals surface area contributed by atoms with Crippen LogP contribution in [0, 0.1) is 17.2 Å². The number of nitrogens with zero attached hydrogens (tertiary/aromatic N) is 2. The number of nitriles is 1. The van der Waals surface area contributed by atoms with E-state index in [-0.39, 0.29) is 12.5 Å². The average molecular weight is 457 g/mol. The van der Waals surface area contributed by atoms with Gasteiger partial charge in [-0.25, -0.2) is 4.79 Å². The zero-order chi connectivity index (χ0) is 23.9. The van der Waals surface area contributed by atoms with Crippen molar-refractivity contribution in [3.63, 3.8) is 0 Å². The lowest BCUT2D eigenvalue weighted by molar-refractivity contribution is -0.127. The second-order valence-electron chi connectivity index (χ2n) is 8.59. The number of ether oxygens (including phenoxy) is 2. The number of carbonyl (C=O) groups is 1. The van der Waals surface area contributed by atoms with Gasteiger partial charge in [0, 0.05) is 18.4 Å². The molecule has 8 heteroatoms. The van der Waals surface area contributed by atoms with Gasteiger partial charge >= 0.3 is 6.09 Å². The molecule has 0 bridgehead atoms. The molecule has 1 amide bonds. The van der Waals surface area contributed by atoms with Crippen molar-refractivity contribution in [2.45, 2.75) is 23.5 Å². The van der Waals surface area contributed by atoms with E-state index in [0.717, 1.165) is 5.56 Å². The lowest BCUT2D eigenvalue weighted by Gasteiger charge is -2.41. The Kier molecular flexibility index (Phi) is 5.14. The molecule has 2 aromatic carbocycles. The van der Waals surface area contributed by atoms with Crippen molar-refractivity contribution in [2.75, 3.05) is 13.7 Å². The average Bonchev–Trinajstić information content (AvgIpc) is 3.28. The van der Waals surface area contributed by atoms with E-state index >= 15 is 0 Å². The highest BCUT2D eigenvalue weighted by atomic mass is 16.5. The van der Waals surface area contributed by atoms with Crippen molar-refractivity contribution in [3.8, 4) is 17.6 Å². The van der Waals surface area contributed by atoms with Gasteiger partial charge in [0.2, 0.25) is 0 Å². The van der Waals surface area contributed by atoms with Gasteiger partial charge in [-0.2, -0.15) is 5.26 Å². The van der Waals surface area contributed by atoms with E-state index in [2.05, 4.69) is 16.4 Å². The van der Waals surface area contributed by atoms with Crippen LogP contribution in [0.25, 0.3) is 0 Å². The third-order valence-electron chi connectivity index (χ3n) is 7.06. The molecule has 5 rings (SSSR count). The number of methoxy groups -OCH3 is 1. The summed E-state index contributed by atoms with van der Waals surface area (Å²) in [6, 6.07) is 18.8. The smallest absolute Gasteiger partial charge is 0.404 e. The number of nitrogens with one attached hydrogen (secondary N) is 1. The maximum Gasteiger partial charge on any atom is 0.404 e. The summed E-state index contributed by atoms with van der Waals surface area (Å²) in [5, 5.41) is 33.8. The number of hydrogen-bond donors (Lipinski definition) is 3. The van der Waals surface area contributed by atoms with E-state index in [1.807, 2.05) is 30.3 Å². The highest BCUT2D eigenvalue weighted by Gasteiger charge is 2.73. The third-order valence-corrected chi connectivity index (χ3v) is 7.06. The summed E-state index contributed by atoms with van der Waals surface area (Å²) in [4.78, 5) is 15.6. The zero-order valence-electron chi connectivity index (χ0n) is 18.4. The molecule has 0 radical (unpaired) electrons. The lowest BCUT2D eigenvalue weighted by atomic mass is 9.70. The minimum Gasteiger partial charge on any atom is -0.495 e. The van der Waals surface area contributed by atoms with E-state index < -0.39 is 23.2 Å². The number of hydrogen-bond acceptors (Lipinski definition) is 6. The van der Waals surface area contributed by atoms with Crippen LogP contribution >= 0.6 is 0 Å². The highest BCUT2D eigenvalue weighted by Crippen LogP contribution is 2.69. The summed E-state index contributed by atoms with van der Waals surface area (Å²) < 4.78 is 12.3. The first-order chi connectivity index (χ1) is 16.5. The molecular weight excluding hydrogens is 434 g/mol. The Hall–Kier alpha value is -4.09. The molecule has 0 spiro atoms. The summed E-state index contributed by atoms with van der Waals surface area (Å²) in [7, 11) is 1.50. The molecule has 0 saturated heterocycles. The fourth-order valence-corrected chi connectivity index (χ4v) is 5.70. The van der Waals surface area contributed by atoms with Crippen molar-refractivity contribution >= 4 is 6.09 Å². The molecule has 0 unspecified atom stereocenters. The molecule has 2 aliphatic rings.